The van der Waals surface area contributed by atoms with Crippen LogP contribution in [0.15, 0.2) is 48.5 Å². The summed E-state index contributed by atoms with van der Waals surface area (Å²) in [6.45, 7) is 0. The number of hydrogen-bond donors (Lipinski definition) is 3. The minimum absolute atomic E-state index is 0.0583. The summed E-state index contributed by atoms with van der Waals surface area (Å²) in [6, 6.07) is 12.7. The van der Waals surface area contributed by atoms with E-state index in [0.717, 1.165) is 0 Å². The van der Waals surface area contributed by atoms with Gasteiger partial charge in [0.25, 0.3) is 5.34 Å². The molecule has 0 radical (unpaired) electrons. The monoisotopic (exact) mass is 290 g/mol. The Morgan fingerprint density at radius 3 is 1.95 bits per heavy atom. The molecule has 6 heteroatoms. The molecule has 0 saturated carbocycles. The quantitative estimate of drug-likeness (QED) is 0.697. The van der Waals surface area contributed by atoms with Gasteiger partial charge in [-0.2, -0.15) is 0 Å². The van der Waals surface area contributed by atoms with Crippen molar-refractivity contribution in [1.29, 1.82) is 0 Å². The maximum atomic E-state index is 12.4. The zero-order valence-corrected chi connectivity index (χ0v) is 11.1. The fourth-order valence-corrected chi connectivity index (χ4v) is 3.43. The molecule has 3 rings (SSSR count). The van der Waals surface area contributed by atoms with Gasteiger partial charge in [-0.1, -0.05) is 48.5 Å². The highest BCUT2D eigenvalue weighted by molar-refractivity contribution is 7.54. The van der Waals surface area contributed by atoms with Gasteiger partial charge in [0, 0.05) is 11.1 Å². The summed E-state index contributed by atoms with van der Waals surface area (Å²) in [5.74, 6) is -0.972. The van der Waals surface area contributed by atoms with Crippen LogP contribution in [0.5, 0.6) is 0 Å². The van der Waals surface area contributed by atoms with E-state index < -0.39 is 18.7 Å². The molecule has 1 unspecified atom stereocenters. The summed E-state index contributed by atoms with van der Waals surface area (Å²) < 4.78 is 11.7. The first kappa shape index (κ1) is 13.2. The third-order valence-corrected chi connectivity index (χ3v) is 4.79. The van der Waals surface area contributed by atoms with Crippen LogP contribution in [0.4, 0.5) is 0 Å². The Bertz CT molecular complexity index is 764. The SMILES string of the molecule is O=C1c2ccccc2-c2ccccc2C1(O)P(=O)(O)O. The molecule has 0 bridgehead atoms. The molecule has 0 aromatic heterocycles. The van der Waals surface area contributed by atoms with Gasteiger partial charge in [-0.15, -0.1) is 0 Å². The lowest BCUT2D eigenvalue weighted by atomic mass is 9.82. The molecule has 0 amide bonds. The lowest BCUT2D eigenvalue weighted by molar-refractivity contribution is 0.0533. The van der Waals surface area contributed by atoms with Crippen LogP contribution in [-0.4, -0.2) is 20.7 Å². The fourth-order valence-electron chi connectivity index (χ4n) is 2.54. The summed E-state index contributed by atoms with van der Waals surface area (Å²) >= 11 is 0. The minimum Gasteiger partial charge on any atom is -0.367 e. The molecule has 1 aliphatic carbocycles. The van der Waals surface area contributed by atoms with E-state index in [1.165, 1.54) is 18.2 Å². The van der Waals surface area contributed by atoms with Gasteiger partial charge in [0.1, 0.15) is 0 Å². The Kier molecular flexibility index (Phi) is 2.71. The molecule has 20 heavy (non-hydrogen) atoms. The molecule has 0 heterocycles. The van der Waals surface area contributed by atoms with E-state index >= 15 is 0 Å². The van der Waals surface area contributed by atoms with Crippen molar-refractivity contribution in [1.82, 2.24) is 0 Å². The zero-order chi connectivity index (χ0) is 14.5. The van der Waals surface area contributed by atoms with Crippen molar-refractivity contribution in [2.45, 2.75) is 5.34 Å². The second-order valence-corrected chi connectivity index (χ2v) is 6.37. The summed E-state index contributed by atoms with van der Waals surface area (Å²) in [5, 5.41) is 7.64. The van der Waals surface area contributed by atoms with Crippen LogP contribution in [0.2, 0.25) is 0 Å². The van der Waals surface area contributed by atoms with Crippen LogP contribution in [0.3, 0.4) is 0 Å². The van der Waals surface area contributed by atoms with Crippen LogP contribution < -0.4 is 0 Å². The lowest BCUT2D eigenvalue weighted by Crippen LogP contribution is -2.39. The first-order valence-electron chi connectivity index (χ1n) is 5.89. The number of benzene rings is 2. The number of aliphatic hydroxyl groups is 1. The highest BCUT2D eigenvalue weighted by Crippen LogP contribution is 2.60. The highest BCUT2D eigenvalue weighted by atomic mass is 31.2. The van der Waals surface area contributed by atoms with Crippen LogP contribution in [0, 0.1) is 0 Å². The second kappa shape index (κ2) is 4.11. The second-order valence-electron chi connectivity index (χ2n) is 4.64. The summed E-state index contributed by atoms with van der Waals surface area (Å²) in [4.78, 5) is 31.4. The maximum absolute atomic E-state index is 12.4. The van der Waals surface area contributed by atoms with Crippen molar-refractivity contribution >= 4 is 13.4 Å². The Labute approximate surface area is 114 Å². The van der Waals surface area contributed by atoms with Gasteiger partial charge in [0.05, 0.1) is 0 Å². The molecular formula is C14H11O5P. The average Bonchev–Trinajstić information content (AvgIpc) is 2.43. The van der Waals surface area contributed by atoms with Gasteiger partial charge < -0.3 is 14.9 Å². The van der Waals surface area contributed by atoms with E-state index in [4.69, 9.17) is 0 Å². The van der Waals surface area contributed by atoms with Gasteiger partial charge in [0.15, 0.2) is 0 Å². The number of carbonyl (C=O) groups is 1. The molecule has 1 atom stereocenters. The van der Waals surface area contributed by atoms with Crippen LogP contribution in [0.1, 0.15) is 15.9 Å². The standard InChI is InChI=1S/C14H11O5P/c15-13-11-7-2-1-5-9(11)10-6-3-4-8-12(10)14(13,16)20(17,18)19/h1-8,16H,(H2,17,18,19). The summed E-state index contributed by atoms with van der Waals surface area (Å²) in [7, 11) is -5.09. The summed E-state index contributed by atoms with van der Waals surface area (Å²) in [5.41, 5.74) is 1.06. The maximum Gasteiger partial charge on any atom is 0.369 e. The van der Waals surface area contributed by atoms with Gasteiger partial charge in [0.2, 0.25) is 5.78 Å². The van der Waals surface area contributed by atoms with Crippen molar-refractivity contribution in [3.05, 3.63) is 59.7 Å². The first-order valence-corrected chi connectivity index (χ1v) is 7.50. The van der Waals surface area contributed by atoms with Gasteiger partial charge >= 0.3 is 7.60 Å². The van der Waals surface area contributed by atoms with Gasteiger partial charge in [-0.05, 0) is 11.1 Å². The van der Waals surface area contributed by atoms with Crippen LogP contribution in [0.25, 0.3) is 11.1 Å². The van der Waals surface area contributed by atoms with Crippen LogP contribution in [-0.2, 0) is 9.91 Å². The molecule has 0 spiro atoms. The first-order chi connectivity index (χ1) is 9.37. The molecule has 5 nitrogen and oxygen atoms in total. The van der Waals surface area contributed by atoms with Gasteiger partial charge in [-0.3, -0.25) is 9.36 Å². The van der Waals surface area contributed by atoms with E-state index in [9.17, 15) is 24.3 Å². The van der Waals surface area contributed by atoms with E-state index in [1.54, 1.807) is 30.3 Å². The predicted octanol–water partition coefficient (Wildman–Crippen LogP) is 1.87. The van der Waals surface area contributed by atoms with Gasteiger partial charge in [-0.25, -0.2) is 0 Å². The topological polar surface area (TPSA) is 94.8 Å². The third kappa shape index (κ3) is 1.55. The molecular weight excluding hydrogens is 279 g/mol. The number of carbonyl (C=O) groups excluding carboxylic acids is 1. The molecule has 2 aromatic carbocycles. The van der Waals surface area contributed by atoms with E-state index in [2.05, 4.69) is 0 Å². The highest BCUT2D eigenvalue weighted by Gasteiger charge is 2.57. The number of rotatable bonds is 1. The predicted molar refractivity (Wildman–Crippen MR) is 72.1 cm³/mol. The molecule has 102 valence electrons. The molecule has 1 aliphatic rings. The zero-order valence-electron chi connectivity index (χ0n) is 10.2. The van der Waals surface area contributed by atoms with Crippen molar-refractivity contribution in [3.8, 4) is 11.1 Å². The lowest BCUT2D eigenvalue weighted by Gasteiger charge is -2.34. The Morgan fingerprint density at radius 2 is 1.35 bits per heavy atom. The van der Waals surface area contributed by atoms with E-state index in [0.29, 0.717) is 11.1 Å². The number of fused-ring (bicyclic) bond motifs is 3. The molecule has 0 fully saturated rings. The number of Topliss-reactive ketones (excluding diaryl/α,β-unsaturated/α-hetero) is 1. The molecule has 2 aromatic rings. The number of hydrogen-bond acceptors (Lipinski definition) is 3. The third-order valence-electron chi connectivity index (χ3n) is 3.50. The van der Waals surface area contributed by atoms with Crippen molar-refractivity contribution in [2.24, 2.45) is 0 Å². The normalized spacial score (nSPS) is 21.2. The fraction of sp³-hybridized carbons (Fsp3) is 0.0714. The Hall–Kier alpha value is -1.78. The smallest absolute Gasteiger partial charge is 0.367 e. The van der Waals surface area contributed by atoms with E-state index in [1.807, 2.05) is 0 Å². The number of ketones is 1. The molecule has 0 aliphatic heterocycles. The molecule has 0 saturated heterocycles. The van der Waals surface area contributed by atoms with Crippen molar-refractivity contribution in [2.75, 3.05) is 0 Å². The Morgan fingerprint density at radius 1 is 0.850 bits per heavy atom. The van der Waals surface area contributed by atoms with Crippen molar-refractivity contribution < 1.29 is 24.3 Å². The summed E-state index contributed by atoms with van der Waals surface area (Å²) in [6.07, 6.45) is 0. The van der Waals surface area contributed by atoms with E-state index in [-0.39, 0.29) is 11.1 Å². The molecule has 3 N–H and O–H groups in total. The average molecular weight is 290 g/mol. The van der Waals surface area contributed by atoms with Crippen molar-refractivity contribution in [3.63, 3.8) is 0 Å². The van der Waals surface area contributed by atoms with Crippen LogP contribution >= 0.6 is 7.60 Å². The Balaban J connectivity index is 2.45. The minimum atomic E-state index is -5.09. The largest absolute Gasteiger partial charge is 0.369 e.